The minimum absolute atomic E-state index is 0.0340. The summed E-state index contributed by atoms with van der Waals surface area (Å²) in [5, 5.41) is 6.20. The van der Waals surface area contributed by atoms with Gasteiger partial charge in [-0.1, -0.05) is 48.0 Å². The van der Waals surface area contributed by atoms with E-state index in [9.17, 15) is 9.59 Å². The third kappa shape index (κ3) is 5.19. The molecule has 1 saturated heterocycles. The number of carbonyl (C=O) groups is 2. The molecule has 2 heterocycles. The van der Waals surface area contributed by atoms with Crippen molar-refractivity contribution in [1.82, 2.24) is 9.97 Å². The van der Waals surface area contributed by atoms with Crippen LogP contribution in [0.4, 0.5) is 22.9 Å². The highest BCUT2D eigenvalue weighted by Gasteiger charge is 2.35. The fraction of sp³-hybridized carbons (Fsp3) is 0.143. The number of hydrogen-bond acceptors (Lipinski definition) is 5. The van der Waals surface area contributed by atoms with E-state index in [1.807, 2.05) is 91.9 Å². The topological polar surface area (TPSA) is 87.2 Å². The predicted molar refractivity (Wildman–Crippen MR) is 137 cm³/mol. The van der Waals surface area contributed by atoms with Gasteiger partial charge >= 0.3 is 0 Å². The number of nitrogens with zero attached hydrogens (tertiary/aromatic N) is 3. The fourth-order valence-electron chi connectivity index (χ4n) is 4.08. The quantitative estimate of drug-likeness (QED) is 0.411. The van der Waals surface area contributed by atoms with E-state index in [1.165, 1.54) is 6.33 Å². The molecule has 4 aromatic rings. The first-order chi connectivity index (χ1) is 17.0. The highest BCUT2D eigenvalue weighted by atomic mass is 16.2. The number of hydrogen-bond donors (Lipinski definition) is 2. The van der Waals surface area contributed by atoms with Crippen LogP contribution >= 0.6 is 0 Å². The molecule has 174 valence electrons. The lowest BCUT2D eigenvalue weighted by atomic mass is 10.1. The molecule has 0 radical (unpaired) electrons. The van der Waals surface area contributed by atoms with Gasteiger partial charge in [0, 0.05) is 41.7 Å². The molecular formula is C28H25N5O2. The smallest absolute Gasteiger partial charge is 0.229 e. The summed E-state index contributed by atoms with van der Waals surface area (Å²) in [4.78, 5) is 35.6. The fourth-order valence-corrected chi connectivity index (χ4v) is 4.08. The average molecular weight is 464 g/mol. The van der Waals surface area contributed by atoms with Gasteiger partial charge in [-0.3, -0.25) is 9.59 Å². The number of nitrogens with one attached hydrogen (secondary N) is 2. The van der Waals surface area contributed by atoms with Crippen LogP contribution in [0.15, 0.2) is 91.3 Å². The first-order valence-corrected chi connectivity index (χ1v) is 11.5. The Bertz CT molecular complexity index is 1340. The van der Waals surface area contributed by atoms with E-state index in [4.69, 9.17) is 0 Å². The van der Waals surface area contributed by atoms with Crippen LogP contribution in [0.3, 0.4) is 0 Å². The van der Waals surface area contributed by atoms with Gasteiger partial charge in [0.1, 0.15) is 12.1 Å². The molecule has 3 aromatic carbocycles. The molecular weight excluding hydrogens is 438 g/mol. The summed E-state index contributed by atoms with van der Waals surface area (Å²) in [7, 11) is 0. The van der Waals surface area contributed by atoms with Crippen molar-refractivity contribution in [1.29, 1.82) is 0 Å². The highest BCUT2D eigenvalue weighted by molar-refractivity contribution is 6.03. The maximum atomic E-state index is 12.8. The molecule has 2 N–H and O–H groups in total. The summed E-state index contributed by atoms with van der Waals surface area (Å²) in [6.45, 7) is 2.38. The molecule has 1 fully saturated rings. The van der Waals surface area contributed by atoms with Crippen molar-refractivity contribution >= 4 is 34.7 Å². The molecule has 1 atom stereocenters. The molecule has 2 amide bonds. The van der Waals surface area contributed by atoms with Crippen molar-refractivity contribution in [2.45, 2.75) is 13.3 Å². The molecule has 5 rings (SSSR count). The Balaban J connectivity index is 1.20. The second-order valence-electron chi connectivity index (χ2n) is 8.59. The van der Waals surface area contributed by atoms with Crippen LogP contribution in [0.2, 0.25) is 0 Å². The van der Waals surface area contributed by atoms with E-state index in [2.05, 4.69) is 20.6 Å². The van der Waals surface area contributed by atoms with Gasteiger partial charge in [-0.25, -0.2) is 9.97 Å². The largest absolute Gasteiger partial charge is 0.340 e. The van der Waals surface area contributed by atoms with Gasteiger partial charge < -0.3 is 15.5 Å². The Morgan fingerprint density at radius 1 is 0.914 bits per heavy atom. The number of rotatable bonds is 6. The average Bonchev–Trinajstić information content (AvgIpc) is 3.28. The van der Waals surface area contributed by atoms with E-state index in [0.717, 1.165) is 28.2 Å². The standard InChI is InChI=1S/C28H25N5O2/c1-19-7-13-24(14-8-19)33-17-21(15-27(33)34)28(35)32-23-11-9-22(10-12-23)31-26-16-25(29-18-30-26)20-5-3-2-4-6-20/h2-14,16,18,21H,15,17H2,1H3,(H,32,35)(H,29,30,31). The van der Waals surface area contributed by atoms with Gasteiger partial charge in [-0.15, -0.1) is 0 Å². The van der Waals surface area contributed by atoms with Crippen LogP contribution < -0.4 is 15.5 Å². The number of aryl methyl sites for hydroxylation is 1. The van der Waals surface area contributed by atoms with Gasteiger partial charge in [0.15, 0.2) is 0 Å². The molecule has 0 aliphatic carbocycles. The zero-order chi connectivity index (χ0) is 24.2. The summed E-state index contributed by atoms with van der Waals surface area (Å²) in [6.07, 6.45) is 1.73. The van der Waals surface area contributed by atoms with Crippen molar-refractivity contribution in [3.05, 3.63) is 96.8 Å². The summed E-state index contributed by atoms with van der Waals surface area (Å²) in [6, 6.07) is 27.0. The second kappa shape index (κ2) is 9.77. The third-order valence-corrected chi connectivity index (χ3v) is 6.00. The van der Waals surface area contributed by atoms with Crippen molar-refractivity contribution in [2.75, 3.05) is 22.1 Å². The minimum atomic E-state index is -0.390. The van der Waals surface area contributed by atoms with Crippen LogP contribution in [0.1, 0.15) is 12.0 Å². The second-order valence-corrected chi connectivity index (χ2v) is 8.59. The molecule has 0 spiro atoms. The third-order valence-electron chi connectivity index (χ3n) is 6.00. The lowest BCUT2D eigenvalue weighted by Crippen LogP contribution is -2.28. The van der Waals surface area contributed by atoms with Gasteiger partial charge in [-0.2, -0.15) is 0 Å². The van der Waals surface area contributed by atoms with E-state index < -0.39 is 0 Å². The normalized spacial score (nSPS) is 15.2. The highest BCUT2D eigenvalue weighted by Crippen LogP contribution is 2.27. The minimum Gasteiger partial charge on any atom is -0.340 e. The maximum absolute atomic E-state index is 12.8. The van der Waals surface area contributed by atoms with Crippen LogP contribution in [-0.2, 0) is 9.59 Å². The molecule has 7 nitrogen and oxygen atoms in total. The van der Waals surface area contributed by atoms with Gasteiger partial charge in [0.25, 0.3) is 0 Å². The van der Waals surface area contributed by atoms with Crippen molar-refractivity contribution in [2.24, 2.45) is 5.92 Å². The van der Waals surface area contributed by atoms with Gasteiger partial charge in [0.05, 0.1) is 11.6 Å². The summed E-state index contributed by atoms with van der Waals surface area (Å²) in [5.41, 5.74) is 5.31. The number of aromatic nitrogens is 2. The first-order valence-electron chi connectivity index (χ1n) is 11.5. The summed E-state index contributed by atoms with van der Waals surface area (Å²) < 4.78 is 0. The lowest BCUT2D eigenvalue weighted by molar-refractivity contribution is -0.122. The van der Waals surface area contributed by atoms with E-state index in [0.29, 0.717) is 18.1 Å². The van der Waals surface area contributed by atoms with Crippen molar-refractivity contribution in [3.63, 3.8) is 0 Å². The Morgan fingerprint density at radius 2 is 1.63 bits per heavy atom. The Morgan fingerprint density at radius 3 is 2.37 bits per heavy atom. The monoisotopic (exact) mass is 463 g/mol. The van der Waals surface area contributed by atoms with Crippen molar-refractivity contribution < 1.29 is 9.59 Å². The number of amides is 2. The molecule has 1 unspecified atom stereocenters. The Labute approximate surface area is 203 Å². The Kier molecular flexibility index (Phi) is 6.22. The molecule has 0 bridgehead atoms. The van der Waals surface area contributed by atoms with Crippen LogP contribution in [0.5, 0.6) is 0 Å². The molecule has 1 aromatic heterocycles. The summed E-state index contributed by atoms with van der Waals surface area (Å²) in [5.74, 6) is 0.0978. The number of benzene rings is 3. The molecule has 7 heteroatoms. The Hall–Kier alpha value is -4.52. The summed E-state index contributed by atoms with van der Waals surface area (Å²) >= 11 is 0. The molecule has 35 heavy (non-hydrogen) atoms. The zero-order valence-corrected chi connectivity index (χ0v) is 19.3. The first kappa shape index (κ1) is 22.3. The predicted octanol–water partition coefficient (Wildman–Crippen LogP) is 5.19. The van der Waals surface area contributed by atoms with Crippen LogP contribution in [0, 0.1) is 12.8 Å². The SMILES string of the molecule is Cc1ccc(N2CC(C(=O)Nc3ccc(Nc4cc(-c5ccccc5)ncn4)cc3)CC2=O)cc1. The van der Waals surface area contributed by atoms with E-state index in [1.54, 1.807) is 4.90 Å². The van der Waals surface area contributed by atoms with Gasteiger partial charge in [0.2, 0.25) is 11.8 Å². The lowest BCUT2D eigenvalue weighted by Gasteiger charge is -2.17. The van der Waals surface area contributed by atoms with Crippen LogP contribution in [0.25, 0.3) is 11.3 Å². The van der Waals surface area contributed by atoms with Gasteiger partial charge in [-0.05, 0) is 43.3 Å². The van der Waals surface area contributed by atoms with Crippen molar-refractivity contribution in [3.8, 4) is 11.3 Å². The number of carbonyl (C=O) groups excluding carboxylic acids is 2. The molecule has 1 aliphatic heterocycles. The van der Waals surface area contributed by atoms with E-state index in [-0.39, 0.29) is 24.2 Å². The van der Waals surface area contributed by atoms with Crippen LogP contribution in [-0.4, -0.2) is 28.3 Å². The zero-order valence-electron chi connectivity index (χ0n) is 19.3. The number of anilines is 4. The molecule has 0 saturated carbocycles. The molecule has 1 aliphatic rings. The maximum Gasteiger partial charge on any atom is 0.229 e. The van der Waals surface area contributed by atoms with E-state index >= 15 is 0 Å².